The highest BCUT2D eigenvalue weighted by Gasteiger charge is 2.07. The molecule has 0 aliphatic heterocycles. The van der Waals surface area contributed by atoms with Crippen molar-refractivity contribution in [1.29, 1.82) is 0 Å². The van der Waals surface area contributed by atoms with Gasteiger partial charge in [-0.1, -0.05) is 32.0 Å². The van der Waals surface area contributed by atoms with E-state index >= 15 is 0 Å². The van der Waals surface area contributed by atoms with E-state index in [2.05, 4.69) is 47.3 Å². The molecular weight excluding hydrogens is 407 g/mol. The summed E-state index contributed by atoms with van der Waals surface area (Å²) in [5.74, 6) is 0.443. The number of hydrogen-bond donors (Lipinski definition) is 2. The van der Waals surface area contributed by atoms with Crippen LogP contribution >= 0.6 is 35.3 Å². The number of guanidine groups is 1. The number of aliphatic imine (C=N–C) groups is 1. The van der Waals surface area contributed by atoms with Gasteiger partial charge in [0.1, 0.15) is 5.01 Å². The van der Waals surface area contributed by atoms with Gasteiger partial charge in [0.05, 0.1) is 6.54 Å². The van der Waals surface area contributed by atoms with Crippen molar-refractivity contribution >= 4 is 47.0 Å². The number of aromatic nitrogens is 1. The third-order valence-corrected chi connectivity index (χ3v) is 4.25. The molecule has 0 spiro atoms. The molecule has 0 aliphatic rings. The van der Waals surface area contributed by atoms with E-state index in [1.807, 2.05) is 12.3 Å². The molecule has 0 bridgehead atoms. The Bertz CT molecular complexity index is 615. The lowest BCUT2D eigenvalue weighted by molar-refractivity contribution is 1.01. The molecule has 2 aromatic rings. The highest BCUT2D eigenvalue weighted by molar-refractivity contribution is 14.0. The Hall–Kier alpha value is -1.15. The summed E-state index contributed by atoms with van der Waals surface area (Å²) in [6.07, 6.45) is 1.93. The minimum atomic E-state index is 0. The average Bonchev–Trinajstić information content (AvgIpc) is 2.91. The predicted octanol–water partition coefficient (Wildman–Crippen LogP) is 4.12. The maximum Gasteiger partial charge on any atom is 0.193 e. The van der Waals surface area contributed by atoms with Gasteiger partial charge in [-0.05, 0) is 30.9 Å². The van der Waals surface area contributed by atoms with E-state index in [0.29, 0.717) is 12.5 Å². The minimum Gasteiger partial charge on any atom is -0.370 e. The Labute approximate surface area is 153 Å². The van der Waals surface area contributed by atoms with Gasteiger partial charge in [-0.25, -0.2) is 9.98 Å². The number of nitrogens with one attached hydrogen (secondary N) is 1. The third-order valence-electron chi connectivity index (χ3n) is 3.30. The SMILES string of the molecule is CCc1cccc(CC)c1NC(N)=NCc1nc(C)cs1.I. The number of benzene rings is 1. The second-order valence-corrected chi connectivity index (χ2v) is 5.81. The fourth-order valence-corrected chi connectivity index (χ4v) is 2.89. The molecule has 120 valence electrons. The van der Waals surface area contributed by atoms with E-state index in [-0.39, 0.29) is 24.0 Å². The summed E-state index contributed by atoms with van der Waals surface area (Å²) in [5.41, 5.74) is 10.7. The second kappa shape index (κ2) is 9.09. The number of thiazole rings is 1. The number of nitrogens with two attached hydrogens (primary N) is 1. The Morgan fingerprint density at radius 3 is 2.41 bits per heavy atom. The zero-order valence-corrected chi connectivity index (χ0v) is 16.4. The van der Waals surface area contributed by atoms with Crippen LogP contribution in [0.2, 0.25) is 0 Å². The van der Waals surface area contributed by atoms with E-state index in [9.17, 15) is 0 Å². The molecule has 0 amide bonds. The quantitative estimate of drug-likeness (QED) is 0.426. The van der Waals surface area contributed by atoms with Crippen molar-refractivity contribution in [3.63, 3.8) is 0 Å². The van der Waals surface area contributed by atoms with E-state index in [4.69, 9.17) is 5.73 Å². The summed E-state index contributed by atoms with van der Waals surface area (Å²) in [6.45, 7) is 6.79. The number of hydrogen-bond acceptors (Lipinski definition) is 3. The first kappa shape index (κ1) is 18.9. The highest BCUT2D eigenvalue weighted by Crippen LogP contribution is 2.22. The summed E-state index contributed by atoms with van der Waals surface area (Å²) in [6, 6.07) is 6.34. The van der Waals surface area contributed by atoms with Crippen molar-refractivity contribution in [2.24, 2.45) is 10.7 Å². The highest BCUT2D eigenvalue weighted by atomic mass is 127. The zero-order chi connectivity index (χ0) is 15.2. The third kappa shape index (κ3) is 4.95. The Morgan fingerprint density at radius 1 is 1.27 bits per heavy atom. The topological polar surface area (TPSA) is 63.3 Å². The van der Waals surface area contributed by atoms with Gasteiger partial charge in [0.2, 0.25) is 0 Å². The van der Waals surface area contributed by atoms with Crippen molar-refractivity contribution in [3.05, 3.63) is 45.4 Å². The largest absolute Gasteiger partial charge is 0.370 e. The van der Waals surface area contributed by atoms with Gasteiger partial charge >= 0.3 is 0 Å². The van der Waals surface area contributed by atoms with E-state index < -0.39 is 0 Å². The van der Waals surface area contributed by atoms with Crippen LogP contribution in [0.3, 0.4) is 0 Å². The Morgan fingerprint density at radius 2 is 1.91 bits per heavy atom. The van der Waals surface area contributed by atoms with Gasteiger partial charge in [0.15, 0.2) is 5.96 Å². The van der Waals surface area contributed by atoms with Crippen LogP contribution in [-0.4, -0.2) is 10.9 Å². The van der Waals surface area contributed by atoms with E-state index in [1.165, 1.54) is 11.1 Å². The molecule has 6 heteroatoms. The average molecular weight is 430 g/mol. The van der Waals surface area contributed by atoms with Crippen LogP contribution < -0.4 is 11.1 Å². The first-order chi connectivity index (χ1) is 10.1. The molecule has 1 heterocycles. The molecular formula is C16H23IN4S. The number of para-hydroxylation sites is 1. The Kier molecular flexibility index (Phi) is 7.81. The van der Waals surface area contributed by atoms with E-state index in [0.717, 1.165) is 29.2 Å². The van der Waals surface area contributed by atoms with Crippen molar-refractivity contribution in [3.8, 4) is 0 Å². The number of nitrogens with zero attached hydrogens (tertiary/aromatic N) is 2. The first-order valence-electron chi connectivity index (χ1n) is 7.22. The molecule has 0 radical (unpaired) electrons. The van der Waals surface area contributed by atoms with Crippen molar-refractivity contribution in [2.45, 2.75) is 40.2 Å². The van der Waals surface area contributed by atoms with Crippen LogP contribution in [0.25, 0.3) is 0 Å². The zero-order valence-electron chi connectivity index (χ0n) is 13.2. The van der Waals surface area contributed by atoms with Crippen LogP contribution in [-0.2, 0) is 19.4 Å². The van der Waals surface area contributed by atoms with Crippen LogP contribution in [0.4, 0.5) is 5.69 Å². The molecule has 0 aliphatic carbocycles. The van der Waals surface area contributed by atoms with Crippen LogP contribution in [0.1, 0.15) is 35.7 Å². The summed E-state index contributed by atoms with van der Waals surface area (Å²) in [5, 5.41) is 6.27. The van der Waals surface area contributed by atoms with Gasteiger partial charge in [0.25, 0.3) is 0 Å². The molecule has 1 aromatic heterocycles. The molecule has 0 atom stereocenters. The molecule has 2 rings (SSSR count). The summed E-state index contributed by atoms with van der Waals surface area (Å²) in [4.78, 5) is 8.77. The number of rotatable bonds is 5. The van der Waals surface area contributed by atoms with Crippen LogP contribution in [0.15, 0.2) is 28.6 Å². The lowest BCUT2D eigenvalue weighted by Gasteiger charge is -2.14. The molecule has 22 heavy (non-hydrogen) atoms. The van der Waals surface area contributed by atoms with Gasteiger partial charge < -0.3 is 11.1 Å². The van der Waals surface area contributed by atoms with Gasteiger partial charge in [0, 0.05) is 16.8 Å². The molecule has 1 aromatic carbocycles. The number of halogens is 1. The molecule has 0 unspecified atom stereocenters. The maximum absolute atomic E-state index is 6.02. The second-order valence-electron chi connectivity index (χ2n) is 4.87. The van der Waals surface area contributed by atoms with Crippen molar-refractivity contribution < 1.29 is 0 Å². The molecule has 0 saturated carbocycles. The minimum absolute atomic E-state index is 0. The normalized spacial score (nSPS) is 11.1. The molecule has 0 fully saturated rings. The lowest BCUT2D eigenvalue weighted by Crippen LogP contribution is -2.24. The van der Waals surface area contributed by atoms with Gasteiger partial charge in [-0.2, -0.15) is 0 Å². The first-order valence-corrected chi connectivity index (χ1v) is 8.10. The smallest absolute Gasteiger partial charge is 0.193 e. The van der Waals surface area contributed by atoms with Crippen LogP contribution in [0.5, 0.6) is 0 Å². The van der Waals surface area contributed by atoms with Crippen molar-refractivity contribution in [1.82, 2.24) is 4.98 Å². The molecule has 0 saturated heterocycles. The summed E-state index contributed by atoms with van der Waals surface area (Å²) >= 11 is 1.61. The summed E-state index contributed by atoms with van der Waals surface area (Å²) < 4.78 is 0. The fraction of sp³-hybridized carbons (Fsp3) is 0.375. The number of anilines is 1. The van der Waals surface area contributed by atoms with Gasteiger partial charge in [-0.3, -0.25) is 0 Å². The predicted molar refractivity (Wildman–Crippen MR) is 106 cm³/mol. The monoisotopic (exact) mass is 430 g/mol. The standard InChI is InChI=1S/C16H22N4S.HI/c1-4-12-7-6-8-13(5-2)15(12)20-16(17)18-9-14-19-11(3)10-21-14;/h6-8,10H,4-5,9H2,1-3H3,(H3,17,18,20);1H. The lowest BCUT2D eigenvalue weighted by atomic mass is 10.0. The maximum atomic E-state index is 6.02. The van der Waals surface area contributed by atoms with E-state index in [1.54, 1.807) is 11.3 Å². The fourth-order valence-electron chi connectivity index (χ4n) is 2.20. The number of aryl methyl sites for hydroxylation is 3. The van der Waals surface area contributed by atoms with Crippen molar-refractivity contribution in [2.75, 3.05) is 5.32 Å². The molecule has 3 N–H and O–H groups in total. The Balaban J connectivity index is 0.00000242. The summed E-state index contributed by atoms with van der Waals surface area (Å²) in [7, 11) is 0. The molecule has 4 nitrogen and oxygen atoms in total. The van der Waals surface area contributed by atoms with Crippen LogP contribution in [0, 0.1) is 6.92 Å². The van der Waals surface area contributed by atoms with Gasteiger partial charge in [-0.15, -0.1) is 35.3 Å².